The quantitative estimate of drug-likeness (QED) is 0.768. The Kier molecular flexibility index (Phi) is 3.94. The smallest absolute Gasteiger partial charge is 0.277 e. The molecule has 0 amide bonds. The lowest BCUT2D eigenvalue weighted by Gasteiger charge is -2.29. The normalized spacial score (nSPS) is 20.4. The highest BCUT2D eigenvalue weighted by Crippen LogP contribution is 2.26. The van der Waals surface area contributed by atoms with Crippen molar-refractivity contribution in [2.45, 2.75) is 33.2 Å². The second-order valence-corrected chi connectivity index (χ2v) is 7.75. The first-order valence-electron chi connectivity index (χ1n) is 9.59. The number of furan rings is 1. The van der Waals surface area contributed by atoms with Crippen molar-refractivity contribution in [3.63, 3.8) is 0 Å². The first-order valence-corrected chi connectivity index (χ1v) is 9.59. The van der Waals surface area contributed by atoms with Gasteiger partial charge in [-0.1, -0.05) is 0 Å². The molecule has 3 aromatic heterocycles. The maximum atomic E-state index is 13.1. The van der Waals surface area contributed by atoms with Crippen LogP contribution in [-0.4, -0.2) is 45.8 Å². The minimum absolute atomic E-state index is 0.00601. The molecular formula is C20H24N4O3. The highest BCUT2D eigenvalue weighted by atomic mass is 16.5. The van der Waals surface area contributed by atoms with Crippen molar-refractivity contribution in [3.8, 4) is 11.3 Å². The van der Waals surface area contributed by atoms with Crippen LogP contribution < -0.4 is 5.56 Å². The molecule has 0 spiro atoms. The van der Waals surface area contributed by atoms with Gasteiger partial charge in [0.1, 0.15) is 11.5 Å². The molecule has 7 heteroatoms. The number of hydrogen-bond acceptors (Lipinski definition) is 5. The molecule has 1 saturated heterocycles. The van der Waals surface area contributed by atoms with Gasteiger partial charge in [-0.2, -0.15) is 0 Å². The monoisotopic (exact) mass is 368 g/mol. The van der Waals surface area contributed by atoms with E-state index in [2.05, 4.69) is 10.00 Å². The van der Waals surface area contributed by atoms with Crippen LogP contribution in [-0.2, 0) is 17.7 Å². The lowest BCUT2D eigenvalue weighted by atomic mass is 10.0. The third-order valence-electron chi connectivity index (χ3n) is 5.71. The molecule has 0 aliphatic carbocycles. The summed E-state index contributed by atoms with van der Waals surface area (Å²) in [5, 5.41) is 3.22. The van der Waals surface area contributed by atoms with Crippen LogP contribution in [0.25, 0.3) is 16.9 Å². The van der Waals surface area contributed by atoms with Gasteiger partial charge in [-0.15, -0.1) is 0 Å². The van der Waals surface area contributed by atoms with Gasteiger partial charge < -0.3 is 9.15 Å². The molecule has 2 aliphatic rings. The fraction of sp³-hybridized carbons (Fsp3) is 0.500. The number of aromatic amines is 1. The van der Waals surface area contributed by atoms with E-state index in [0.29, 0.717) is 18.1 Å². The van der Waals surface area contributed by atoms with E-state index in [9.17, 15) is 4.79 Å². The zero-order chi connectivity index (χ0) is 18.5. The van der Waals surface area contributed by atoms with E-state index in [-0.39, 0.29) is 5.56 Å². The third kappa shape index (κ3) is 2.91. The van der Waals surface area contributed by atoms with Crippen LogP contribution in [0.5, 0.6) is 0 Å². The van der Waals surface area contributed by atoms with Crippen molar-refractivity contribution in [3.05, 3.63) is 45.3 Å². The largest absolute Gasteiger partial charge is 0.466 e. The topological polar surface area (TPSA) is 75.8 Å². The molecule has 0 radical (unpaired) electrons. The number of ether oxygens (including phenoxy) is 1. The Balaban J connectivity index is 1.50. The second kappa shape index (κ2) is 6.35. The highest BCUT2D eigenvalue weighted by molar-refractivity contribution is 5.66. The van der Waals surface area contributed by atoms with E-state index in [1.165, 1.54) is 0 Å². The van der Waals surface area contributed by atoms with Crippen molar-refractivity contribution in [1.82, 2.24) is 19.5 Å². The van der Waals surface area contributed by atoms with Crippen LogP contribution in [0.2, 0.25) is 0 Å². The Bertz CT molecular complexity index is 1060. The van der Waals surface area contributed by atoms with Gasteiger partial charge in [0.05, 0.1) is 23.6 Å². The van der Waals surface area contributed by atoms with Crippen LogP contribution in [0.1, 0.15) is 29.2 Å². The van der Waals surface area contributed by atoms with Crippen molar-refractivity contribution < 1.29 is 9.15 Å². The Morgan fingerprint density at radius 2 is 2.22 bits per heavy atom. The van der Waals surface area contributed by atoms with Crippen molar-refractivity contribution in [2.24, 2.45) is 5.92 Å². The van der Waals surface area contributed by atoms with Gasteiger partial charge in [-0.3, -0.25) is 14.8 Å². The van der Waals surface area contributed by atoms with Gasteiger partial charge in [0, 0.05) is 44.3 Å². The first kappa shape index (κ1) is 16.8. The van der Waals surface area contributed by atoms with Gasteiger partial charge in [0.25, 0.3) is 5.56 Å². The maximum absolute atomic E-state index is 13.1. The third-order valence-corrected chi connectivity index (χ3v) is 5.71. The number of hydrogen-bond donors (Lipinski definition) is 1. The number of fused-ring (bicyclic) bond motifs is 2. The fourth-order valence-corrected chi connectivity index (χ4v) is 4.32. The van der Waals surface area contributed by atoms with Crippen LogP contribution in [0.15, 0.2) is 21.3 Å². The number of H-pyrrole nitrogens is 1. The average molecular weight is 368 g/mol. The minimum Gasteiger partial charge on any atom is -0.466 e. The van der Waals surface area contributed by atoms with E-state index < -0.39 is 0 Å². The maximum Gasteiger partial charge on any atom is 0.277 e. The van der Waals surface area contributed by atoms with E-state index in [1.807, 2.05) is 26.0 Å². The summed E-state index contributed by atoms with van der Waals surface area (Å²) in [7, 11) is 0. The van der Waals surface area contributed by atoms with Crippen LogP contribution in [0.3, 0.4) is 0 Å². The minimum atomic E-state index is 0.00601. The first-order chi connectivity index (χ1) is 13.1. The van der Waals surface area contributed by atoms with E-state index in [0.717, 1.165) is 73.2 Å². The molecule has 5 heterocycles. The molecule has 1 unspecified atom stereocenters. The molecule has 142 valence electrons. The second-order valence-electron chi connectivity index (χ2n) is 7.75. The van der Waals surface area contributed by atoms with E-state index in [1.54, 1.807) is 4.52 Å². The van der Waals surface area contributed by atoms with Gasteiger partial charge in [0.15, 0.2) is 5.65 Å². The lowest BCUT2D eigenvalue weighted by Crippen LogP contribution is -2.39. The lowest BCUT2D eigenvalue weighted by molar-refractivity contribution is 0.161. The summed E-state index contributed by atoms with van der Waals surface area (Å²) in [6.07, 6.45) is 1.93. The average Bonchev–Trinajstić information content (AvgIpc) is 3.36. The molecule has 1 atom stereocenters. The molecule has 0 saturated carbocycles. The number of aryl methyl sites for hydroxylation is 2. The van der Waals surface area contributed by atoms with Gasteiger partial charge in [-0.25, -0.2) is 9.50 Å². The van der Waals surface area contributed by atoms with E-state index in [4.69, 9.17) is 14.1 Å². The Hall–Kier alpha value is -2.38. The molecule has 7 nitrogen and oxygen atoms in total. The Morgan fingerprint density at radius 3 is 2.96 bits per heavy atom. The SMILES string of the molecule is Cc1cc(-c2cc3nc4c(c(=O)n3[nH]2)CN(CC2CCOC2)CC4)c(C)o1. The summed E-state index contributed by atoms with van der Waals surface area (Å²) in [6.45, 7) is 8.15. The van der Waals surface area contributed by atoms with Gasteiger partial charge >= 0.3 is 0 Å². The molecule has 1 fully saturated rings. The predicted molar refractivity (Wildman–Crippen MR) is 101 cm³/mol. The van der Waals surface area contributed by atoms with Crippen LogP contribution in [0, 0.1) is 19.8 Å². The molecule has 0 bridgehead atoms. The molecule has 27 heavy (non-hydrogen) atoms. The zero-order valence-electron chi connectivity index (χ0n) is 15.7. The van der Waals surface area contributed by atoms with Crippen LogP contribution in [0.4, 0.5) is 0 Å². The van der Waals surface area contributed by atoms with Crippen molar-refractivity contribution in [2.75, 3.05) is 26.3 Å². The highest BCUT2D eigenvalue weighted by Gasteiger charge is 2.26. The molecular weight excluding hydrogens is 344 g/mol. The van der Waals surface area contributed by atoms with Crippen molar-refractivity contribution >= 4 is 5.65 Å². The summed E-state index contributed by atoms with van der Waals surface area (Å²) in [5.74, 6) is 2.27. The van der Waals surface area contributed by atoms with Crippen LogP contribution >= 0.6 is 0 Å². The van der Waals surface area contributed by atoms with E-state index >= 15 is 0 Å². The number of nitrogens with zero attached hydrogens (tertiary/aromatic N) is 3. The number of rotatable bonds is 3. The Morgan fingerprint density at radius 1 is 1.33 bits per heavy atom. The molecule has 5 rings (SSSR count). The number of aromatic nitrogens is 3. The Labute approximate surface area is 156 Å². The summed E-state index contributed by atoms with van der Waals surface area (Å²) in [6, 6.07) is 3.91. The molecule has 3 aromatic rings. The summed E-state index contributed by atoms with van der Waals surface area (Å²) < 4.78 is 12.7. The van der Waals surface area contributed by atoms with Gasteiger partial charge in [0.2, 0.25) is 0 Å². The zero-order valence-corrected chi connectivity index (χ0v) is 15.7. The summed E-state index contributed by atoms with van der Waals surface area (Å²) in [4.78, 5) is 20.2. The molecule has 2 aliphatic heterocycles. The predicted octanol–water partition coefficient (Wildman–Crippen LogP) is 2.29. The standard InChI is InChI=1S/C20H24N4O3/c1-12-7-15(13(2)27-12)18-8-19-21-17-3-5-23(9-14-4-6-26-11-14)10-16(17)20(25)24(19)22-18/h7-8,14,22H,3-6,9-11H2,1-2H3. The molecule has 1 N–H and O–H groups in total. The summed E-state index contributed by atoms with van der Waals surface area (Å²) in [5.41, 5.74) is 4.25. The van der Waals surface area contributed by atoms with Crippen molar-refractivity contribution in [1.29, 1.82) is 0 Å². The fourth-order valence-electron chi connectivity index (χ4n) is 4.32. The molecule has 0 aromatic carbocycles. The number of nitrogens with one attached hydrogen (secondary N) is 1. The summed E-state index contributed by atoms with van der Waals surface area (Å²) >= 11 is 0. The van der Waals surface area contributed by atoms with Gasteiger partial charge in [-0.05, 0) is 32.3 Å².